The summed E-state index contributed by atoms with van der Waals surface area (Å²) >= 11 is 5.96. The average molecular weight is 481 g/mol. The largest absolute Gasteiger partial charge is 0.416 e. The van der Waals surface area contributed by atoms with E-state index in [1.807, 2.05) is 0 Å². The Morgan fingerprint density at radius 3 is 2.21 bits per heavy atom. The smallest absolute Gasteiger partial charge is 0.340 e. The number of hydrogen-bond donors (Lipinski definition) is 1. The normalized spacial score (nSPS) is 15.7. The summed E-state index contributed by atoms with van der Waals surface area (Å²) in [5, 5.41) is 3.12. The molecule has 0 bridgehead atoms. The van der Waals surface area contributed by atoms with Gasteiger partial charge in [0.25, 0.3) is 0 Å². The second kappa shape index (κ2) is 8.74. The van der Waals surface area contributed by atoms with Crippen molar-refractivity contribution in [3.8, 4) is 0 Å². The Labute approximate surface area is 191 Å². The van der Waals surface area contributed by atoms with E-state index < -0.39 is 28.9 Å². The summed E-state index contributed by atoms with van der Waals surface area (Å²) in [6, 6.07) is 10.4. The van der Waals surface area contributed by atoms with Gasteiger partial charge in [-0.25, -0.2) is 8.78 Å². The van der Waals surface area contributed by atoms with E-state index in [1.165, 1.54) is 42.6 Å². The fourth-order valence-corrected chi connectivity index (χ4v) is 3.83. The van der Waals surface area contributed by atoms with E-state index in [0.29, 0.717) is 24.5 Å². The second-order valence-electron chi connectivity index (χ2n) is 8.06. The van der Waals surface area contributed by atoms with Gasteiger partial charge in [0, 0.05) is 18.5 Å². The van der Waals surface area contributed by atoms with Gasteiger partial charge in [-0.2, -0.15) is 13.2 Å². The zero-order chi connectivity index (χ0) is 23.8. The fraction of sp³-hybridized carbons (Fsp3) is 0.250. The molecule has 9 heteroatoms. The molecule has 172 valence electrons. The SMILES string of the molecule is O=C(N[C@@](Cc1ccc(F)cc1)(c1cc(F)cc(C(F)(F)F)c1)c1ccc(Cl)cn1)C1CC1. The van der Waals surface area contributed by atoms with E-state index in [-0.39, 0.29) is 34.5 Å². The third kappa shape index (κ3) is 5.16. The first-order chi connectivity index (χ1) is 15.6. The van der Waals surface area contributed by atoms with E-state index in [1.54, 1.807) is 0 Å². The molecule has 0 spiro atoms. The minimum atomic E-state index is -4.81. The molecule has 1 aliphatic rings. The highest BCUT2D eigenvalue weighted by atomic mass is 35.5. The van der Waals surface area contributed by atoms with Gasteiger partial charge in [0.15, 0.2) is 0 Å². The molecule has 1 aromatic heterocycles. The highest BCUT2D eigenvalue weighted by Crippen LogP contribution is 2.39. The van der Waals surface area contributed by atoms with Crippen molar-refractivity contribution in [3.63, 3.8) is 0 Å². The van der Waals surface area contributed by atoms with Gasteiger partial charge in [-0.15, -0.1) is 0 Å². The van der Waals surface area contributed by atoms with E-state index in [4.69, 9.17) is 11.6 Å². The van der Waals surface area contributed by atoms with Crippen LogP contribution in [0.4, 0.5) is 22.0 Å². The monoisotopic (exact) mass is 480 g/mol. The predicted octanol–water partition coefficient (Wildman–Crippen LogP) is 6.04. The molecular formula is C24H18ClF5N2O. The maximum absolute atomic E-state index is 14.5. The number of hydrogen-bond acceptors (Lipinski definition) is 2. The molecule has 1 aliphatic carbocycles. The lowest BCUT2D eigenvalue weighted by Gasteiger charge is -2.36. The Kier molecular flexibility index (Phi) is 6.14. The highest BCUT2D eigenvalue weighted by molar-refractivity contribution is 6.30. The minimum Gasteiger partial charge on any atom is -0.340 e. The Hall–Kier alpha value is -3.00. The first-order valence-electron chi connectivity index (χ1n) is 10.1. The molecule has 1 atom stereocenters. The summed E-state index contributed by atoms with van der Waals surface area (Å²) in [6.07, 6.45) is -2.33. The van der Waals surface area contributed by atoms with Crippen LogP contribution in [0.3, 0.4) is 0 Å². The standard InChI is InChI=1S/C24H18ClF5N2O/c25-18-5-8-21(31-13-18)23(32-22(33)15-3-4-15,12-14-1-6-19(26)7-2-14)16-9-17(24(28,29)30)11-20(27)10-16/h1-2,5-11,13,15H,3-4,12H2,(H,32,33)/t23-/m0/s1. The van der Waals surface area contributed by atoms with Gasteiger partial charge in [0.2, 0.25) is 5.91 Å². The first-order valence-corrected chi connectivity index (χ1v) is 10.5. The Morgan fingerprint density at radius 2 is 1.64 bits per heavy atom. The van der Waals surface area contributed by atoms with Crippen LogP contribution in [-0.2, 0) is 22.9 Å². The average Bonchev–Trinajstić information content (AvgIpc) is 3.60. The molecule has 1 heterocycles. The van der Waals surface area contributed by atoms with Crippen LogP contribution < -0.4 is 5.32 Å². The molecule has 2 aromatic carbocycles. The molecule has 3 aromatic rings. The van der Waals surface area contributed by atoms with Crippen molar-refractivity contribution in [3.05, 3.63) is 99.8 Å². The molecule has 1 saturated carbocycles. The highest BCUT2D eigenvalue weighted by Gasteiger charge is 2.43. The van der Waals surface area contributed by atoms with E-state index >= 15 is 0 Å². The molecule has 0 saturated heterocycles. The molecule has 3 nitrogen and oxygen atoms in total. The van der Waals surface area contributed by atoms with E-state index in [9.17, 15) is 26.7 Å². The van der Waals surface area contributed by atoms with Crippen molar-refractivity contribution in [2.75, 3.05) is 0 Å². The topological polar surface area (TPSA) is 42.0 Å². The molecule has 33 heavy (non-hydrogen) atoms. The number of amides is 1. The predicted molar refractivity (Wildman–Crippen MR) is 112 cm³/mol. The molecule has 0 aliphatic heterocycles. The van der Waals surface area contributed by atoms with Gasteiger partial charge in [0.1, 0.15) is 17.2 Å². The van der Waals surface area contributed by atoms with Crippen molar-refractivity contribution >= 4 is 17.5 Å². The van der Waals surface area contributed by atoms with Crippen molar-refractivity contribution in [1.29, 1.82) is 0 Å². The van der Waals surface area contributed by atoms with E-state index in [2.05, 4.69) is 10.3 Å². The molecule has 1 amide bonds. The Balaban J connectivity index is 1.95. The number of carbonyl (C=O) groups is 1. The number of rotatable bonds is 6. The molecular weight excluding hydrogens is 463 g/mol. The fourth-order valence-electron chi connectivity index (χ4n) is 3.72. The van der Waals surface area contributed by atoms with Crippen molar-refractivity contribution in [2.45, 2.75) is 31.0 Å². The summed E-state index contributed by atoms with van der Waals surface area (Å²) in [5.41, 5.74) is -2.32. The lowest BCUT2D eigenvalue weighted by molar-refractivity contribution is -0.137. The van der Waals surface area contributed by atoms with Gasteiger partial charge in [-0.3, -0.25) is 9.78 Å². The van der Waals surface area contributed by atoms with Crippen LogP contribution in [0.2, 0.25) is 5.02 Å². The van der Waals surface area contributed by atoms with Crippen LogP contribution in [0, 0.1) is 17.6 Å². The number of benzene rings is 2. The zero-order valence-electron chi connectivity index (χ0n) is 17.1. The summed E-state index contributed by atoms with van der Waals surface area (Å²) in [7, 11) is 0. The molecule has 1 fully saturated rings. The summed E-state index contributed by atoms with van der Waals surface area (Å²) in [5.74, 6) is -2.29. The maximum Gasteiger partial charge on any atom is 0.416 e. The van der Waals surface area contributed by atoms with Crippen LogP contribution in [0.1, 0.15) is 35.2 Å². The number of aromatic nitrogens is 1. The van der Waals surface area contributed by atoms with E-state index in [0.717, 1.165) is 12.1 Å². The van der Waals surface area contributed by atoms with Crippen LogP contribution in [0.5, 0.6) is 0 Å². The lowest BCUT2D eigenvalue weighted by Crippen LogP contribution is -2.50. The summed E-state index contributed by atoms with van der Waals surface area (Å²) < 4.78 is 68.6. The third-order valence-electron chi connectivity index (χ3n) is 5.55. The lowest BCUT2D eigenvalue weighted by atomic mass is 9.79. The van der Waals surface area contributed by atoms with Crippen molar-refractivity contribution in [2.24, 2.45) is 5.92 Å². The van der Waals surface area contributed by atoms with Gasteiger partial charge in [-0.1, -0.05) is 23.7 Å². The maximum atomic E-state index is 14.5. The van der Waals surface area contributed by atoms with Crippen molar-refractivity contribution in [1.82, 2.24) is 10.3 Å². The van der Waals surface area contributed by atoms with Gasteiger partial charge >= 0.3 is 6.18 Å². The first kappa shape index (κ1) is 23.2. The second-order valence-corrected chi connectivity index (χ2v) is 8.50. The van der Waals surface area contributed by atoms with Crippen LogP contribution >= 0.6 is 11.6 Å². The Morgan fingerprint density at radius 1 is 0.970 bits per heavy atom. The van der Waals surface area contributed by atoms with Crippen LogP contribution in [0.15, 0.2) is 60.8 Å². The molecule has 0 unspecified atom stereocenters. The van der Waals surface area contributed by atoms with Crippen LogP contribution in [-0.4, -0.2) is 10.9 Å². The van der Waals surface area contributed by atoms with Crippen LogP contribution in [0.25, 0.3) is 0 Å². The molecule has 4 rings (SSSR count). The summed E-state index contributed by atoms with van der Waals surface area (Å²) in [6.45, 7) is 0. The number of pyridine rings is 1. The van der Waals surface area contributed by atoms with Gasteiger partial charge in [0.05, 0.1) is 16.3 Å². The number of alkyl halides is 3. The van der Waals surface area contributed by atoms with Gasteiger partial charge in [-0.05, 0) is 66.4 Å². The van der Waals surface area contributed by atoms with Crippen molar-refractivity contribution < 1.29 is 26.7 Å². The number of nitrogens with one attached hydrogen (secondary N) is 1. The zero-order valence-corrected chi connectivity index (χ0v) is 17.9. The third-order valence-corrected chi connectivity index (χ3v) is 5.77. The number of nitrogens with zero attached hydrogens (tertiary/aromatic N) is 1. The van der Waals surface area contributed by atoms with Gasteiger partial charge < -0.3 is 5.32 Å². The minimum absolute atomic E-state index is 0.0961. The number of carbonyl (C=O) groups excluding carboxylic acids is 1. The quantitative estimate of drug-likeness (QED) is 0.437. The summed E-state index contributed by atoms with van der Waals surface area (Å²) in [4.78, 5) is 17.2. The Bertz CT molecular complexity index is 1160. The molecule has 0 radical (unpaired) electrons. The number of halogens is 6. The molecule has 1 N–H and O–H groups in total.